The maximum Gasteiger partial charge on any atom is 0.309 e. The summed E-state index contributed by atoms with van der Waals surface area (Å²) < 4.78 is 39.6. The summed E-state index contributed by atoms with van der Waals surface area (Å²) in [6.07, 6.45) is -0.0402. The fourth-order valence-electron chi connectivity index (χ4n) is 4.08. The van der Waals surface area contributed by atoms with Gasteiger partial charge in [-0.05, 0) is 57.7 Å². The first-order chi connectivity index (χ1) is 13.6. The molecule has 6 atom stereocenters. The molecule has 1 aromatic rings. The van der Waals surface area contributed by atoms with E-state index in [-0.39, 0.29) is 42.8 Å². The molecule has 2 aliphatic carbocycles. The molecule has 2 fully saturated rings. The number of hydrogen-bond donors (Lipinski definition) is 1. The first-order valence-corrected chi connectivity index (χ1v) is 10.9. The minimum atomic E-state index is -1.52. The molecule has 0 spiro atoms. The van der Waals surface area contributed by atoms with Gasteiger partial charge in [0.25, 0.3) is 0 Å². The van der Waals surface area contributed by atoms with Crippen LogP contribution in [0.1, 0.15) is 39.7 Å². The topological polar surface area (TPSA) is 88.4 Å². The zero-order valence-electron chi connectivity index (χ0n) is 17.1. The van der Waals surface area contributed by atoms with E-state index in [2.05, 4.69) is 10.8 Å². The zero-order chi connectivity index (χ0) is 21.4. The first-order valence-electron chi connectivity index (χ1n) is 9.77. The van der Waals surface area contributed by atoms with Crippen LogP contribution >= 0.6 is 0 Å². The van der Waals surface area contributed by atoms with Crippen molar-refractivity contribution in [1.82, 2.24) is 4.72 Å². The van der Waals surface area contributed by atoms with Crippen molar-refractivity contribution in [3.05, 3.63) is 35.6 Å². The van der Waals surface area contributed by atoms with Crippen LogP contribution in [0.4, 0.5) is 4.39 Å². The fraction of sp³-hybridized carbons (Fsp3) is 0.619. The Balaban J connectivity index is 1.82. The number of rotatable bonds is 7. The van der Waals surface area contributed by atoms with Crippen molar-refractivity contribution < 1.29 is 22.9 Å². The maximum atomic E-state index is 13.1. The largest absolute Gasteiger partial charge is 0.466 e. The molecule has 0 saturated heterocycles. The van der Waals surface area contributed by atoms with Gasteiger partial charge >= 0.3 is 5.97 Å². The summed E-state index contributed by atoms with van der Waals surface area (Å²) in [5, 5.41) is 10.1. The molecule has 158 valence electrons. The van der Waals surface area contributed by atoms with Crippen molar-refractivity contribution in [2.75, 3.05) is 6.61 Å². The maximum absolute atomic E-state index is 13.1. The summed E-state index contributed by atoms with van der Waals surface area (Å²) in [6, 6.07) is 8.26. The molecule has 1 aromatic carbocycles. The summed E-state index contributed by atoms with van der Waals surface area (Å²) >= 11 is 0. The van der Waals surface area contributed by atoms with Crippen molar-refractivity contribution in [2.24, 2.45) is 17.8 Å². The molecule has 3 rings (SSSR count). The Morgan fingerprint density at radius 3 is 2.59 bits per heavy atom. The smallest absolute Gasteiger partial charge is 0.309 e. The number of fused-ring (bicyclic) bond motifs is 1. The van der Waals surface area contributed by atoms with E-state index in [1.165, 1.54) is 12.1 Å². The molecule has 29 heavy (non-hydrogen) atoms. The highest BCUT2D eigenvalue weighted by atomic mass is 32.2. The van der Waals surface area contributed by atoms with Gasteiger partial charge in [0.05, 0.1) is 47.0 Å². The van der Waals surface area contributed by atoms with Crippen molar-refractivity contribution in [3.8, 4) is 6.07 Å². The fourth-order valence-corrected chi connectivity index (χ4v) is 5.01. The molecule has 0 bridgehead atoms. The molecular formula is C21H27FN2O4S. The number of halogens is 1. The second-order valence-corrected chi connectivity index (χ2v) is 10.6. The molecule has 6 nitrogen and oxygen atoms in total. The van der Waals surface area contributed by atoms with E-state index in [0.29, 0.717) is 6.42 Å². The summed E-state index contributed by atoms with van der Waals surface area (Å²) in [5.41, 5.74) is -0.474. The summed E-state index contributed by atoms with van der Waals surface area (Å²) in [4.78, 5) is 12.3. The van der Waals surface area contributed by atoms with Crippen LogP contribution in [0.15, 0.2) is 24.3 Å². The third kappa shape index (κ3) is 4.23. The number of carbonyl (C=O) groups is 1. The Labute approximate surface area is 173 Å². The van der Waals surface area contributed by atoms with E-state index in [4.69, 9.17) is 9.47 Å². The van der Waals surface area contributed by atoms with Gasteiger partial charge in [0.2, 0.25) is 0 Å². The average molecular weight is 423 g/mol. The van der Waals surface area contributed by atoms with Gasteiger partial charge in [-0.15, -0.1) is 0 Å². The van der Waals surface area contributed by atoms with Gasteiger partial charge in [0.15, 0.2) is 0 Å². The molecule has 0 radical (unpaired) electrons. The van der Waals surface area contributed by atoms with Gasteiger partial charge in [-0.2, -0.15) is 5.26 Å². The molecule has 0 amide bonds. The second kappa shape index (κ2) is 8.13. The highest BCUT2D eigenvalue weighted by Gasteiger charge is 2.74. The Bertz CT molecular complexity index is 833. The van der Waals surface area contributed by atoms with Gasteiger partial charge in [-0.25, -0.2) is 13.3 Å². The monoisotopic (exact) mass is 422 g/mol. The Hall–Kier alpha value is -1.82. The standard InChI is InChI=1S/C21H27FN2O4S/c1-5-27-19(25)17-15-10-16(28-11-13-6-8-14(22)9-7-13)21(12-23,18(15)17)24-29(26)20(2,3)4/h6-9,15-18,24H,5,10-11H2,1-4H3. The third-order valence-corrected chi connectivity index (χ3v) is 7.25. The van der Waals surface area contributed by atoms with Crippen LogP contribution in [0.3, 0.4) is 0 Å². The van der Waals surface area contributed by atoms with E-state index >= 15 is 0 Å². The highest BCUT2D eigenvalue weighted by molar-refractivity contribution is 7.84. The van der Waals surface area contributed by atoms with E-state index in [1.54, 1.807) is 19.1 Å². The SMILES string of the molecule is CCOC(=O)C1C2CC(OCc3ccc(F)cc3)C(C#N)(NS(=O)C(C)(C)C)C21. The quantitative estimate of drug-likeness (QED) is 0.683. The number of benzene rings is 1. The summed E-state index contributed by atoms with van der Waals surface area (Å²) in [6.45, 7) is 7.67. The number of nitrogens with one attached hydrogen (secondary N) is 1. The lowest BCUT2D eigenvalue weighted by molar-refractivity contribution is -0.146. The van der Waals surface area contributed by atoms with Crippen molar-refractivity contribution in [1.29, 1.82) is 5.26 Å². The lowest BCUT2D eigenvalue weighted by Gasteiger charge is -2.35. The molecule has 0 aromatic heterocycles. The normalized spacial score (nSPS) is 31.6. The van der Waals surface area contributed by atoms with Crippen molar-refractivity contribution in [3.63, 3.8) is 0 Å². The van der Waals surface area contributed by atoms with Crippen LogP contribution in [0, 0.1) is 34.9 Å². The zero-order valence-corrected chi connectivity index (χ0v) is 17.9. The van der Waals surface area contributed by atoms with Crippen LogP contribution in [-0.2, 0) is 31.9 Å². The third-order valence-electron chi connectivity index (χ3n) is 5.61. The van der Waals surface area contributed by atoms with Crippen LogP contribution in [0.25, 0.3) is 0 Å². The number of nitrogens with zero attached hydrogens (tertiary/aromatic N) is 1. The highest BCUT2D eigenvalue weighted by Crippen LogP contribution is 2.63. The number of ether oxygens (including phenoxy) is 2. The predicted molar refractivity (Wildman–Crippen MR) is 106 cm³/mol. The number of carbonyl (C=O) groups excluding carboxylic acids is 1. The van der Waals surface area contributed by atoms with E-state index in [9.17, 15) is 18.7 Å². The van der Waals surface area contributed by atoms with Crippen LogP contribution in [0.5, 0.6) is 0 Å². The second-order valence-electron chi connectivity index (χ2n) is 8.59. The number of nitriles is 1. The molecule has 0 aliphatic heterocycles. The Kier molecular flexibility index (Phi) is 6.13. The lowest BCUT2D eigenvalue weighted by atomic mass is 9.90. The van der Waals surface area contributed by atoms with Gasteiger partial charge < -0.3 is 9.47 Å². The van der Waals surface area contributed by atoms with Gasteiger partial charge in [-0.3, -0.25) is 4.79 Å². The molecule has 6 unspecified atom stereocenters. The first kappa shape index (κ1) is 21.9. The minimum absolute atomic E-state index is 0.0450. The van der Waals surface area contributed by atoms with E-state index < -0.39 is 27.4 Å². The van der Waals surface area contributed by atoms with Crippen molar-refractivity contribution in [2.45, 2.75) is 57.1 Å². The Morgan fingerprint density at radius 2 is 2.03 bits per heavy atom. The average Bonchev–Trinajstić information content (AvgIpc) is 3.30. The van der Waals surface area contributed by atoms with Gasteiger partial charge in [-0.1, -0.05) is 12.1 Å². The summed E-state index contributed by atoms with van der Waals surface area (Å²) in [7, 11) is -1.52. The Morgan fingerprint density at radius 1 is 1.38 bits per heavy atom. The van der Waals surface area contributed by atoms with Gasteiger partial charge in [0, 0.05) is 5.92 Å². The summed E-state index contributed by atoms with van der Waals surface area (Å²) in [5.74, 6) is -1.39. The molecule has 8 heteroatoms. The molecule has 2 aliphatic rings. The van der Waals surface area contributed by atoms with Crippen molar-refractivity contribution >= 4 is 17.0 Å². The molecule has 1 N–H and O–H groups in total. The van der Waals surface area contributed by atoms with Crippen LogP contribution < -0.4 is 4.72 Å². The molecular weight excluding hydrogens is 395 g/mol. The van der Waals surface area contributed by atoms with Crippen LogP contribution in [0.2, 0.25) is 0 Å². The van der Waals surface area contributed by atoms with Crippen LogP contribution in [-0.4, -0.2) is 33.2 Å². The number of esters is 1. The lowest BCUT2D eigenvalue weighted by Crippen LogP contribution is -2.57. The number of hydrogen-bond acceptors (Lipinski definition) is 5. The molecule has 2 saturated carbocycles. The molecule has 0 heterocycles. The van der Waals surface area contributed by atoms with E-state index in [0.717, 1.165) is 5.56 Å². The predicted octanol–water partition coefficient (Wildman–Crippen LogP) is 2.85. The minimum Gasteiger partial charge on any atom is -0.466 e. The van der Waals surface area contributed by atoms with Gasteiger partial charge in [0.1, 0.15) is 11.4 Å². The van der Waals surface area contributed by atoms with E-state index in [1.807, 2.05) is 20.8 Å².